The zero-order valence-electron chi connectivity index (χ0n) is 21.2. The first-order chi connectivity index (χ1) is 18.5. The van der Waals surface area contributed by atoms with Gasteiger partial charge in [0.2, 0.25) is 5.91 Å². The number of likely N-dealkylation sites (tertiary alicyclic amines) is 1. The molecular weight excluding hydrogens is 517 g/mol. The third-order valence-corrected chi connectivity index (χ3v) is 6.50. The number of alkyl halides is 3. The molecule has 4 rings (SSSR count). The summed E-state index contributed by atoms with van der Waals surface area (Å²) in [4.78, 5) is 26.6. The van der Waals surface area contributed by atoms with Crippen LogP contribution in [0.2, 0.25) is 0 Å². The van der Waals surface area contributed by atoms with Crippen molar-refractivity contribution in [2.75, 3.05) is 19.7 Å². The number of carbonyl (C=O) groups is 2. The molecule has 1 aromatic heterocycles. The monoisotopic (exact) mass is 546 g/mol. The summed E-state index contributed by atoms with van der Waals surface area (Å²) in [6.07, 6.45) is -0.452. The number of aliphatic hydroxyl groups is 1. The molecule has 3 aromatic rings. The average molecular weight is 547 g/mol. The molecule has 2 amide bonds. The maximum atomic E-state index is 12.7. The minimum atomic E-state index is -4.77. The Kier molecular flexibility index (Phi) is 8.44. The second-order valence-corrected chi connectivity index (χ2v) is 9.38. The highest BCUT2D eigenvalue weighted by atomic mass is 19.4. The SMILES string of the molecule is CC(CO)n1cc(-c2ccc(OC3CCN(C(=O)Cc4ccc(OC(F)(F)F)cc4)CC3)c(C(N)=O)c2)cn1. The lowest BCUT2D eigenvalue weighted by Gasteiger charge is -2.32. The molecule has 1 aliphatic rings. The largest absolute Gasteiger partial charge is 0.573 e. The number of piperidine rings is 1. The first-order valence-corrected chi connectivity index (χ1v) is 12.4. The highest BCUT2D eigenvalue weighted by Crippen LogP contribution is 2.29. The van der Waals surface area contributed by atoms with Crippen LogP contribution in [0.15, 0.2) is 54.9 Å². The summed E-state index contributed by atoms with van der Waals surface area (Å²) < 4.78 is 48.6. The predicted molar refractivity (Wildman–Crippen MR) is 135 cm³/mol. The standard InChI is InChI=1S/C27H29F3N4O5/c1-17(16-35)34-15-20(14-32-34)19-4-7-24(23(13-19)26(31)37)38-21-8-10-33(11-9-21)25(36)12-18-2-5-22(6-3-18)39-27(28,29)30/h2-7,13-15,17,21,35H,8-12,16H2,1H3,(H2,31,37). The highest BCUT2D eigenvalue weighted by Gasteiger charge is 2.31. The molecule has 1 unspecified atom stereocenters. The van der Waals surface area contributed by atoms with Crippen molar-refractivity contribution >= 4 is 11.8 Å². The fourth-order valence-electron chi connectivity index (χ4n) is 4.31. The Morgan fingerprint density at radius 2 is 1.82 bits per heavy atom. The number of hydrogen-bond donors (Lipinski definition) is 2. The third-order valence-electron chi connectivity index (χ3n) is 6.50. The van der Waals surface area contributed by atoms with Gasteiger partial charge < -0.3 is 25.2 Å². The average Bonchev–Trinajstić information content (AvgIpc) is 3.39. The number of primary amides is 1. The summed E-state index contributed by atoms with van der Waals surface area (Å²) in [5, 5.41) is 13.6. The van der Waals surface area contributed by atoms with Crippen LogP contribution in [0.5, 0.6) is 11.5 Å². The lowest BCUT2D eigenvalue weighted by molar-refractivity contribution is -0.274. The first-order valence-electron chi connectivity index (χ1n) is 12.4. The summed E-state index contributed by atoms with van der Waals surface area (Å²) in [6.45, 7) is 2.64. The van der Waals surface area contributed by atoms with E-state index in [0.29, 0.717) is 37.2 Å². The minimum absolute atomic E-state index is 0.0543. The Morgan fingerprint density at radius 3 is 2.44 bits per heavy atom. The van der Waals surface area contributed by atoms with Crippen LogP contribution in [0, 0.1) is 0 Å². The van der Waals surface area contributed by atoms with Crippen molar-refractivity contribution in [3.8, 4) is 22.6 Å². The molecule has 208 valence electrons. The summed E-state index contributed by atoms with van der Waals surface area (Å²) in [7, 11) is 0. The van der Waals surface area contributed by atoms with Gasteiger partial charge >= 0.3 is 6.36 Å². The van der Waals surface area contributed by atoms with Crippen LogP contribution in [0.1, 0.15) is 41.7 Å². The van der Waals surface area contributed by atoms with Crippen molar-refractivity contribution in [3.63, 3.8) is 0 Å². The summed E-state index contributed by atoms with van der Waals surface area (Å²) in [6, 6.07) is 10.2. The molecule has 39 heavy (non-hydrogen) atoms. The van der Waals surface area contributed by atoms with Gasteiger partial charge in [-0.2, -0.15) is 5.10 Å². The van der Waals surface area contributed by atoms with Crippen molar-refractivity contribution in [1.82, 2.24) is 14.7 Å². The van der Waals surface area contributed by atoms with E-state index in [9.17, 15) is 27.9 Å². The molecular formula is C27H29F3N4O5. The fourth-order valence-corrected chi connectivity index (χ4v) is 4.31. The Morgan fingerprint density at radius 1 is 1.13 bits per heavy atom. The fraction of sp³-hybridized carbons (Fsp3) is 0.370. The van der Waals surface area contributed by atoms with E-state index in [-0.39, 0.29) is 42.4 Å². The number of rotatable bonds is 9. The van der Waals surface area contributed by atoms with Crippen LogP contribution in [-0.2, 0) is 11.2 Å². The van der Waals surface area contributed by atoms with E-state index in [1.807, 2.05) is 6.92 Å². The van der Waals surface area contributed by atoms with Gasteiger partial charge in [0.15, 0.2) is 0 Å². The van der Waals surface area contributed by atoms with Crippen LogP contribution in [0.25, 0.3) is 11.1 Å². The van der Waals surface area contributed by atoms with Crippen molar-refractivity contribution in [2.24, 2.45) is 5.73 Å². The lowest BCUT2D eigenvalue weighted by atomic mass is 10.0. The molecule has 9 nitrogen and oxygen atoms in total. The molecule has 0 radical (unpaired) electrons. The normalized spacial score (nSPS) is 15.2. The molecule has 0 aliphatic carbocycles. The molecule has 0 bridgehead atoms. The number of amides is 2. The van der Waals surface area contributed by atoms with Gasteiger partial charge in [-0.05, 0) is 42.3 Å². The van der Waals surface area contributed by atoms with Gasteiger partial charge in [0, 0.05) is 37.7 Å². The van der Waals surface area contributed by atoms with Gasteiger partial charge in [0.1, 0.15) is 17.6 Å². The number of nitrogens with two attached hydrogens (primary N) is 1. The number of carbonyl (C=O) groups excluding carboxylic acids is 2. The van der Waals surface area contributed by atoms with E-state index < -0.39 is 12.3 Å². The van der Waals surface area contributed by atoms with Crippen LogP contribution in [0.3, 0.4) is 0 Å². The number of hydrogen-bond acceptors (Lipinski definition) is 6. The lowest BCUT2D eigenvalue weighted by Crippen LogP contribution is -2.42. The van der Waals surface area contributed by atoms with Crippen LogP contribution < -0.4 is 15.2 Å². The molecule has 1 aliphatic heterocycles. The molecule has 12 heteroatoms. The van der Waals surface area contributed by atoms with E-state index in [4.69, 9.17) is 10.5 Å². The quantitative estimate of drug-likeness (QED) is 0.422. The Bertz CT molecular complexity index is 1300. The van der Waals surface area contributed by atoms with Gasteiger partial charge in [-0.15, -0.1) is 13.2 Å². The number of ether oxygens (including phenoxy) is 2. The van der Waals surface area contributed by atoms with Crippen LogP contribution >= 0.6 is 0 Å². The smallest absolute Gasteiger partial charge is 0.489 e. The number of aromatic nitrogens is 2. The maximum Gasteiger partial charge on any atom is 0.573 e. The number of halogens is 3. The topological polar surface area (TPSA) is 120 Å². The Balaban J connectivity index is 1.34. The second-order valence-electron chi connectivity index (χ2n) is 9.38. The van der Waals surface area contributed by atoms with Crippen molar-refractivity contribution < 1.29 is 37.3 Å². The predicted octanol–water partition coefficient (Wildman–Crippen LogP) is 3.71. The highest BCUT2D eigenvalue weighted by molar-refractivity contribution is 5.97. The Labute approximate surface area is 222 Å². The van der Waals surface area contributed by atoms with Gasteiger partial charge in [-0.1, -0.05) is 18.2 Å². The van der Waals surface area contributed by atoms with Gasteiger partial charge in [-0.25, -0.2) is 0 Å². The van der Waals surface area contributed by atoms with Gasteiger partial charge in [0.05, 0.1) is 30.8 Å². The van der Waals surface area contributed by atoms with Crippen molar-refractivity contribution in [3.05, 3.63) is 66.0 Å². The molecule has 2 aromatic carbocycles. The van der Waals surface area contributed by atoms with Crippen molar-refractivity contribution in [1.29, 1.82) is 0 Å². The van der Waals surface area contributed by atoms with E-state index >= 15 is 0 Å². The second kappa shape index (κ2) is 11.8. The number of nitrogens with zero attached hydrogens (tertiary/aromatic N) is 3. The van der Waals surface area contributed by atoms with E-state index in [0.717, 1.165) is 11.1 Å². The van der Waals surface area contributed by atoms with Gasteiger partial charge in [-0.3, -0.25) is 14.3 Å². The van der Waals surface area contributed by atoms with E-state index in [1.165, 1.54) is 24.3 Å². The molecule has 0 spiro atoms. The van der Waals surface area contributed by atoms with Gasteiger partial charge in [0.25, 0.3) is 5.91 Å². The first kappa shape index (κ1) is 28.0. The van der Waals surface area contributed by atoms with Crippen LogP contribution in [0.4, 0.5) is 13.2 Å². The molecule has 2 heterocycles. The van der Waals surface area contributed by atoms with Crippen LogP contribution in [-0.4, -0.2) is 63.8 Å². The van der Waals surface area contributed by atoms with E-state index in [2.05, 4.69) is 9.84 Å². The summed E-state index contributed by atoms with van der Waals surface area (Å²) >= 11 is 0. The molecule has 1 saturated heterocycles. The number of benzene rings is 2. The third kappa shape index (κ3) is 7.29. The minimum Gasteiger partial charge on any atom is -0.489 e. The molecule has 0 saturated carbocycles. The summed E-state index contributed by atoms with van der Waals surface area (Å²) in [5.41, 5.74) is 7.93. The zero-order chi connectivity index (χ0) is 28.2. The summed E-state index contributed by atoms with van der Waals surface area (Å²) in [5.74, 6) is -0.766. The van der Waals surface area contributed by atoms with Crippen molar-refractivity contribution in [2.45, 2.75) is 44.7 Å². The molecule has 1 atom stereocenters. The molecule has 3 N–H and O–H groups in total. The van der Waals surface area contributed by atoms with E-state index in [1.54, 1.807) is 40.2 Å². The zero-order valence-corrected chi connectivity index (χ0v) is 21.2. The number of aliphatic hydroxyl groups excluding tert-OH is 1. The maximum absolute atomic E-state index is 12.7. The molecule has 1 fully saturated rings. The Hall–Kier alpha value is -4.06.